The summed E-state index contributed by atoms with van der Waals surface area (Å²) in [6.07, 6.45) is 10.6. The van der Waals surface area contributed by atoms with E-state index < -0.39 is 0 Å². The molecule has 0 aromatic rings. The Hall–Kier alpha value is 0.230. The molecule has 0 radical (unpaired) electrons. The summed E-state index contributed by atoms with van der Waals surface area (Å²) in [4.78, 5) is 5.38. The SMILES string of the molecule is CSCCCC(CN)N1CCN(C2CCCC2)CC1. The molecular formula is C15H31N3S. The Balaban J connectivity index is 1.71. The Bertz CT molecular complexity index is 236. The van der Waals surface area contributed by atoms with Crippen molar-refractivity contribution in [3.8, 4) is 0 Å². The van der Waals surface area contributed by atoms with Crippen LogP contribution in [0.25, 0.3) is 0 Å². The maximum absolute atomic E-state index is 5.98. The Kier molecular flexibility index (Phi) is 6.99. The number of hydrogen-bond acceptors (Lipinski definition) is 4. The van der Waals surface area contributed by atoms with Crippen molar-refractivity contribution in [1.29, 1.82) is 0 Å². The molecular weight excluding hydrogens is 254 g/mol. The topological polar surface area (TPSA) is 32.5 Å². The van der Waals surface area contributed by atoms with Crippen LogP contribution in [0.5, 0.6) is 0 Å². The third-order valence-corrected chi connectivity index (χ3v) is 5.56. The minimum atomic E-state index is 0.623. The maximum Gasteiger partial charge on any atom is 0.0219 e. The van der Waals surface area contributed by atoms with Crippen molar-refractivity contribution in [2.75, 3.05) is 44.7 Å². The van der Waals surface area contributed by atoms with Crippen molar-refractivity contribution in [2.24, 2.45) is 5.73 Å². The Labute approximate surface area is 123 Å². The minimum Gasteiger partial charge on any atom is -0.329 e. The Morgan fingerprint density at radius 1 is 1.16 bits per heavy atom. The van der Waals surface area contributed by atoms with Crippen molar-refractivity contribution in [2.45, 2.75) is 50.6 Å². The molecule has 3 nitrogen and oxygen atoms in total. The van der Waals surface area contributed by atoms with Crippen LogP contribution in [-0.4, -0.2) is 66.6 Å². The van der Waals surface area contributed by atoms with Gasteiger partial charge in [-0.25, -0.2) is 0 Å². The van der Waals surface area contributed by atoms with Crippen LogP contribution in [0.2, 0.25) is 0 Å². The van der Waals surface area contributed by atoms with E-state index in [0.717, 1.165) is 12.6 Å². The van der Waals surface area contributed by atoms with Gasteiger partial charge in [0.25, 0.3) is 0 Å². The molecule has 0 bridgehead atoms. The lowest BCUT2D eigenvalue weighted by molar-refractivity contribution is 0.0697. The van der Waals surface area contributed by atoms with Gasteiger partial charge in [0.15, 0.2) is 0 Å². The van der Waals surface area contributed by atoms with Gasteiger partial charge in [-0.15, -0.1) is 0 Å². The summed E-state index contributed by atoms with van der Waals surface area (Å²) in [6.45, 7) is 5.83. The molecule has 2 rings (SSSR count). The molecule has 2 aliphatic rings. The smallest absolute Gasteiger partial charge is 0.0219 e. The largest absolute Gasteiger partial charge is 0.329 e. The summed E-state index contributed by atoms with van der Waals surface area (Å²) in [7, 11) is 0. The second-order valence-corrected chi connectivity index (χ2v) is 7.02. The summed E-state index contributed by atoms with van der Waals surface area (Å²) in [6, 6.07) is 1.52. The molecule has 4 heteroatoms. The van der Waals surface area contributed by atoms with Crippen LogP contribution in [0.3, 0.4) is 0 Å². The molecule has 1 aliphatic heterocycles. The minimum absolute atomic E-state index is 0.623. The van der Waals surface area contributed by atoms with Gasteiger partial charge in [-0.1, -0.05) is 12.8 Å². The highest BCUT2D eigenvalue weighted by atomic mass is 32.2. The lowest BCUT2D eigenvalue weighted by atomic mass is 10.1. The molecule has 1 atom stereocenters. The van der Waals surface area contributed by atoms with Crippen LogP contribution < -0.4 is 5.73 Å². The lowest BCUT2D eigenvalue weighted by Crippen LogP contribution is -2.54. The molecule has 0 amide bonds. The second kappa shape index (κ2) is 8.50. The Morgan fingerprint density at radius 2 is 1.84 bits per heavy atom. The van der Waals surface area contributed by atoms with Gasteiger partial charge < -0.3 is 5.73 Å². The van der Waals surface area contributed by atoms with Crippen LogP contribution in [0, 0.1) is 0 Å². The van der Waals surface area contributed by atoms with Crippen molar-refractivity contribution >= 4 is 11.8 Å². The van der Waals surface area contributed by atoms with E-state index >= 15 is 0 Å². The second-order valence-electron chi connectivity index (χ2n) is 6.03. The predicted molar refractivity (Wildman–Crippen MR) is 85.9 cm³/mol. The van der Waals surface area contributed by atoms with E-state index in [1.807, 2.05) is 11.8 Å². The van der Waals surface area contributed by atoms with Crippen LogP contribution in [0.4, 0.5) is 0 Å². The molecule has 1 unspecified atom stereocenters. The van der Waals surface area contributed by atoms with Gasteiger partial charge in [0, 0.05) is 44.8 Å². The summed E-state index contributed by atoms with van der Waals surface area (Å²) in [5.74, 6) is 1.28. The van der Waals surface area contributed by atoms with Gasteiger partial charge in [0.05, 0.1) is 0 Å². The highest BCUT2D eigenvalue weighted by Crippen LogP contribution is 2.24. The molecule has 19 heavy (non-hydrogen) atoms. The normalized spacial score (nSPS) is 24.9. The summed E-state index contributed by atoms with van der Waals surface area (Å²) >= 11 is 1.95. The first kappa shape index (κ1) is 15.6. The maximum atomic E-state index is 5.98. The third kappa shape index (κ3) is 4.62. The molecule has 2 N–H and O–H groups in total. The molecule has 112 valence electrons. The van der Waals surface area contributed by atoms with E-state index in [4.69, 9.17) is 5.73 Å². The summed E-state index contributed by atoms with van der Waals surface area (Å²) < 4.78 is 0. The molecule has 0 aromatic heterocycles. The zero-order chi connectivity index (χ0) is 13.5. The number of nitrogens with two attached hydrogens (primary N) is 1. The zero-order valence-corrected chi connectivity index (χ0v) is 13.3. The molecule has 0 aromatic carbocycles. The lowest BCUT2D eigenvalue weighted by Gasteiger charge is -2.41. The van der Waals surface area contributed by atoms with Gasteiger partial charge in [-0.3, -0.25) is 9.80 Å². The average molecular weight is 286 g/mol. The quantitative estimate of drug-likeness (QED) is 0.725. The first-order chi connectivity index (χ1) is 9.35. The number of thioether (sulfide) groups is 1. The number of rotatable bonds is 7. The van der Waals surface area contributed by atoms with E-state index in [1.54, 1.807) is 0 Å². The monoisotopic (exact) mass is 285 g/mol. The van der Waals surface area contributed by atoms with E-state index in [0.29, 0.717) is 6.04 Å². The van der Waals surface area contributed by atoms with Crippen molar-refractivity contribution in [3.63, 3.8) is 0 Å². The standard InChI is InChI=1S/C15H31N3S/c1-19-12-4-7-15(13-16)18-10-8-17(9-11-18)14-5-2-3-6-14/h14-15H,2-13,16H2,1H3. The number of nitrogens with zero attached hydrogens (tertiary/aromatic N) is 2. The third-order valence-electron chi connectivity index (χ3n) is 4.86. The summed E-state index contributed by atoms with van der Waals surface area (Å²) in [5, 5.41) is 0. The van der Waals surface area contributed by atoms with Crippen molar-refractivity contribution in [3.05, 3.63) is 0 Å². The van der Waals surface area contributed by atoms with Gasteiger partial charge >= 0.3 is 0 Å². The van der Waals surface area contributed by atoms with Crippen molar-refractivity contribution in [1.82, 2.24) is 9.80 Å². The van der Waals surface area contributed by atoms with E-state index in [2.05, 4.69) is 16.1 Å². The van der Waals surface area contributed by atoms with E-state index in [-0.39, 0.29) is 0 Å². The number of hydrogen-bond donors (Lipinski definition) is 1. The molecule has 1 saturated heterocycles. The predicted octanol–water partition coefficient (Wildman–Crippen LogP) is 2.02. The Morgan fingerprint density at radius 3 is 2.42 bits per heavy atom. The van der Waals surface area contributed by atoms with Crippen LogP contribution in [-0.2, 0) is 0 Å². The van der Waals surface area contributed by atoms with Gasteiger partial charge in [-0.05, 0) is 37.7 Å². The fourth-order valence-electron chi connectivity index (χ4n) is 3.65. The van der Waals surface area contributed by atoms with Gasteiger partial charge in [0.2, 0.25) is 0 Å². The fraction of sp³-hybridized carbons (Fsp3) is 1.00. The van der Waals surface area contributed by atoms with E-state index in [9.17, 15) is 0 Å². The number of piperazine rings is 1. The molecule has 1 saturated carbocycles. The molecule has 1 heterocycles. The van der Waals surface area contributed by atoms with Crippen LogP contribution in [0.15, 0.2) is 0 Å². The highest BCUT2D eigenvalue weighted by molar-refractivity contribution is 7.98. The molecule has 1 aliphatic carbocycles. The summed E-state index contributed by atoms with van der Waals surface area (Å²) in [5.41, 5.74) is 5.98. The van der Waals surface area contributed by atoms with Crippen LogP contribution >= 0.6 is 11.8 Å². The molecule has 0 spiro atoms. The molecule has 2 fully saturated rings. The first-order valence-corrected chi connectivity index (χ1v) is 9.41. The first-order valence-electron chi connectivity index (χ1n) is 8.02. The van der Waals surface area contributed by atoms with Crippen molar-refractivity contribution < 1.29 is 0 Å². The van der Waals surface area contributed by atoms with Crippen LogP contribution in [0.1, 0.15) is 38.5 Å². The van der Waals surface area contributed by atoms with E-state index in [1.165, 1.54) is 70.5 Å². The highest BCUT2D eigenvalue weighted by Gasteiger charge is 2.28. The fourth-order valence-corrected chi connectivity index (χ4v) is 4.11. The average Bonchev–Trinajstić information content (AvgIpc) is 2.98. The van der Waals surface area contributed by atoms with Gasteiger partial charge in [0.1, 0.15) is 0 Å². The zero-order valence-electron chi connectivity index (χ0n) is 12.5. The van der Waals surface area contributed by atoms with Gasteiger partial charge in [-0.2, -0.15) is 11.8 Å².